The number of ether oxygens (including phenoxy) is 1. The summed E-state index contributed by atoms with van der Waals surface area (Å²) in [5.74, 6) is -2.35. The number of hydrogen-bond donors (Lipinski definition) is 4. The number of unbranched alkanes of at least 4 members (excludes halogenated alkanes) is 13. The quantitative estimate of drug-likeness (QED) is 0.0281. The van der Waals surface area contributed by atoms with Crippen molar-refractivity contribution in [3.05, 3.63) is 60.8 Å². The van der Waals surface area contributed by atoms with Crippen molar-refractivity contribution >= 4 is 23.8 Å². The fourth-order valence-electron chi connectivity index (χ4n) is 5.76. The van der Waals surface area contributed by atoms with Crippen LogP contribution in [0.2, 0.25) is 0 Å². The van der Waals surface area contributed by atoms with E-state index in [4.69, 9.17) is 14.9 Å². The molecule has 0 bridgehead atoms. The number of rotatable bonds is 37. The van der Waals surface area contributed by atoms with Crippen LogP contribution in [0.4, 0.5) is 0 Å². The Hall–Kier alpha value is -3.46. The number of aliphatic hydroxyl groups excluding tert-OH is 1. The number of esters is 1. The third kappa shape index (κ3) is 35.6. The van der Waals surface area contributed by atoms with Crippen molar-refractivity contribution in [1.29, 1.82) is 0 Å². The van der Waals surface area contributed by atoms with Gasteiger partial charge in [0.05, 0.1) is 13.2 Å². The van der Waals surface area contributed by atoms with E-state index in [1.807, 2.05) is 0 Å². The Morgan fingerprint density at radius 2 is 1.07 bits per heavy atom. The molecule has 0 aliphatic carbocycles. The molecule has 0 aliphatic heterocycles. The SMILES string of the molecule is CC/C=C\C/C=C\C/C=C\CCCCCCCC(=O)OC(CCC/C=C\C/C=C\CCCCC)CCCCCCCC(=O)NCC(=O)NC(CO)C(=O)O. The first-order valence-electron chi connectivity index (χ1n) is 21.2. The number of carboxylic acids is 1. The minimum atomic E-state index is -1.39. The van der Waals surface area contributed by atoms with Crippen LogP contribution in [0.3, 0.4) is 0 Å². The van der Waals surface area contributed by atoms with Gasteiger partial charge in [-0.25, -0.2) is 4.79 Å². The summed E-state index contributed by atoms with van der Waals surface area (Å²) in [6.45, 7) is 3.32. The fourth-order valence-corrected chi connectivity index (χ4v) is 5.76. The summed E-state index contributed by atoms with van der Waals surface area (Å²) in [6, 6.07) is -1.39. The summed E-state index contributed by atoms with van der Waals surface area (Å²) in [5.41, 5.74) is 0. The topological polar surface area (TPSA) is 142 Å². The Balaban J connectivity index is 4.40. The van der Waals surface area contributed by atoms with Gasteiger partial charge in [-0.1, -0.05) is 126 Å². The Bertz CT molecular complexity index is 1100. The molecular weight excluding hydrogens is 681 g/mol. The molecule has 0 heterocycles. The highest BCUT2D eigenvalue weighted by Crippen LogP contribution is 2.17. The average Bonchev–Trinajstić information content (AvgIpc) is 3.15. The number of carbonyl (C=O) groups excluding carboxylic acids is 3. The highest BCUT2D eigenvalue weighted by atomic mass is 16.5. The summed E-state index contributed by atoms with van der Waals surface area (Å²) < 4.78 is 5.99. The van der Waals surface area contributed by atoms with Crippen LogP contribution in [0.1, 0.15) is 174 Å². The van der Waals surface area contributed by atoms with Gasteiger partial charge in [-0.15, -0.1) is 0 Å². The number of aliphatic carboxylic acids is 1. The highest BCUT2D eigenvalue weighted by Gasteiger charge is 2.19. The molecule has 0 rings (SSSR count). The molecule has 0 aromatic rings. The number of carboxylic acid groups (broad SMARTS) is 1. The normalized spacial score (nSPS) is 13.1. The molecule has 0 aliphatic rings. The van der Waals surface area contributed by atoms with Crippen molar-refractivity contribution in [2.45, 2.75) is 187 Å². The third-order valence-corrected chi connectivity index (χ3v) is 9.00. The van der Waals surface area contributed by atoms with E-state index in [9.17, 15) is 19.2 Å². The summed E-state index contributed by atoms with van der Waals surface area (Å²) >= 11 is 0. The van der Waals surface area contributed by atoms with E-state index in [-0.39, 0.29) is 30.9 Å². The molecular formula is C45H76N2O7. The maximum atomic E-state index is 12.8. The van der Waals surface area contributed by atoms with Crippen molar-refractivity contribution in [2.24, 2.45) is 0 Å². The number of carbonyl (C=O) groups is 4. The van der Waals surface area contributed by atoms with E-state index >= 15 is 0 Å². The number of amides is 2. The van der Waals surface area contributed by atoms with Crippen LogP contribution < -0.4 is 10.6 Å². The van der Waals surface area contributed by atoms with Crippen LogP contribution in [0.25, 0.3) is 0 Å². The standard InChI is InChI=1S/C45H76N2O7/c1-3-5-7-9-11-13-15-16-17-18-20-22-24-29-33-37-44(51)54-40(34-30-26-23-21-19-14-12-10-8-6-4-2)35-31-27-25-28-32-36-42(49)46-38-43(50)47-41(39-48)45(52)53/h5,7,11-14,16-17,21,23,40-41,48H,3-4,6,8-10,15,18-20,22,24-39H2,1-2H3,(H,46,49)(H,47,50)(H,52,53)/b7-5-,13-11-,14-12-,17-16-,23-21-. The minimum absolute atomic E-state index is 0.0673. The van der Waals surface area contributed by atoms with Gasteiger partial charge < -0.3 is 25.6 Å². The maximum Gasteiger partial charge on any atom is 0.328 e. The monoisotopic (exact) mass is 757 g/mol. The van der Waals surface area contributed by atoms with Crippen LogP contribution in [0.5, 0.6) is 0 Å². The van der Waals surface area contributed by atoms with E-state index in [2.05, 4.69) is 85.2 Å². The zero-order valence-corrected chi connectivity index (χ0v) is 34.0. The molecule has 0 saturated carbocycles. The molecule has 0 saturated heterocycles. The second-order valence-corrected chi connectivity index (χ2v) is 14.0. The molecule has 0 aromatic heterocycles. The van der Waals surface area contributed by atoms with Crippen LogP contribution in [-0.2, 0) is 23.9 Å². The Kier molecular flexibility index (Phi) is 36.7. The maximum absolute atomic E-state index is 12.8. The molecule has 0 aromatic carbocycles. The summed E-state index contributed by atoms with van der Waals surface area (Å²) in [4.78, 5) is 47.5. The van der Waals surface area contributed by atoms with Gasteiger partial charge in [0.15, 0.2) is 0 Å². The lowest BCUT2D eigenvalue weighted by Gasteiger charge is -2.18. The van der Waals surface area contributed by atoms with Gasteiger partial charge in [-0.2, -0.15) is 0 Å². The average molecular weight is 757 g/mol. The van der Waals surface area contributed by atoms with Gasteiger partial charge in [0.25, 0.3) is 0 Å². The molecule has 0 fully saturated rings. The van der Waals surface area contributed by atoms with Gasteiger partial charge in [0, 0.05) is 12.8 Å². The van der Waals surface area contributed by atoms with Crippen molar-refractivity contribution in [3.63, 3.8) is 0 Å². The van der Waals surface area contributed by atoms with E-state index in [1.54, 1.807) is 0 Å². The second-order valence-electron chi connectivity index (χ2n) is 14.0. The number of nitrogens with one attached hydrogen (secondary N) is 2. The van der Waals surface area contributed by atoms with E-state index in [0.29, 0.717) is 12.8 Å². The fraction of sp³-hybridized carbons (Fsp3) is 0.689. The van der Waals surface area contributed by atoms with Crippen molar-refractivity contribution in [2.75, 3.05) is 13.2 Å². The molecule has 0 spiro atoms. The second kappa shape index (κ2) is 39.2. The molecule has 4 N–H and O–H groups in total. The first kappa shape index (κ1) is 50.5. The number of allylic oxidation sites excluding steroid dienone is 10. The van der Waals surface area contributed by atoms with Crippen molar-refractivity contribution in [3.8, 4) is 0 Å². The Morgan fingerprint density at radius 1 is 0.574 bits per heavy atom. The zero-order chi connectivity index (χ0) is 39.7. The summed E-state index contributed by atoms with van der Waals surface area (Å²) in [5, 5.41) is 22.5. The van der Waals surface area contributed by atoms with Gasteiger partial charge >= 0.3 is 11.9 Å². The van der Waals surface area contributed by atoms with E-state index in [1.165, 1.54) is 32.1 Å². The Morgan fingerprint density at radius 3 is 1.67 bits per heavy atom. The van der Waals surface area contributed by atoms with Crippen LogP contribution >= 0.6 is 0 Å². The first-order valence-corrected chi connectivity index (χ1v) is 21.2. The predicted octanol–water partition coefficient (Wildman–Crippen LogP) is 10.1. The lowest BCUT2D eigenvalue weighted by Crippen LogP contribution is -2.47. The molecule has 2 amide bonds. The molecule has 0 radical (unpaired) electrons. The molecule has 308 valence electrons. The van der Waals surface area contributed by atoms with Crippen LogP contribution in [-0.4, -0.2) is 59.3 Å². The number of hydrogen-bond acceptors (Lipinski definition) is 6. The Labute approximate surface area is 328 Å². The van der Waals surface area contributed by atoms with Gasteiger partial charge in [-0.3, -0.25) is 14.4 Å². The lowest BCUT2D eigenvalue weighted by atomic mass is 10.0. The van der Waals surface area contributed by atoms with Crippen molar-refractivity contribution in [1.82, 2.24) is 10.6 Å². The van der Waals surface area contributed by atoms with Crippen LogP contribution in [0.15, 0.2) is 60.8 Å². The first-order chi connectivity index (χ1) is 26.3. The van der Waals surface area contributed by atoms with E-state index < -0.39 is 24.5 Å². The molecule has 9 heteroatoms. The third-order valence-electron chi connectivity index (χ3n) is 9.00. The zero-order valence-electron chi connectivity index (χ0n) is 34.0. The smallest absolute Gasteiger partial charge is 0.328 e. The lowest BCUT2D eigenvalue weighted by molar-refractivity contribution is -0.150. The summed E-state index contributed by atoms with van der Waals surface area (Å²) in [6.07, 6.45) is 46.7. The van der Waals surface area contributed by atoms with Crippen LogP contribution in [0, 0.1) is 0 Å². The van der Waals surface area contributed by atoms with Gasteiger partial charge in [0.1, 0.15) is 12.1 Å². The molecule has 54 heavy (non-hydrogen) atoms. The predicted molar refractivity (Wildman–Crippen MR) is 222 cm³/mol. The highest BCUT2D eigenvalue weighted by molar-refractivity contribution is 5.87. The molecule has 2 atom stereocenters. The number of aliphatic hydroxyl groups is 1. The molecule has 2 unspecified atom stereocenters. The molecule has 9 nitrogen and oxygen atoms in total. The largest absolute Gasteiger partial charge is 0.480 e. The minimum Gasteiger partial charge on any atom is -0.480 e. The van der Waals surface area contributed by atoms with Gasteiger partial charge in [-0.05, 0) is 96.3 Å². The van der Waals surface area contributed by atoms with Crippen molar-refractivity contribution < 1.29 is 34.1 Å². The summed E-state index contributed by atoms with van der Waals surface area (Å²) in [7, 11) is 0. The van der Waals surface area contributed by atoms with E-state index in [0.717, 1.165) is 109 Å². The van der Waals surface area contributed by atoms with Gasteiger partial charge in [0.2, 0.25) is 11.8 Å².